The maximum Gasteiger partial charge on any atom is 0.178 e. The van der Waals surface area contributed by atoms with Crippen molar-refractivity contribution in [3.63, 3.8) is 0 Å². The van der Waals surface area contributed by atoms with E-state index in [1.807, 2.05) is 12.1 Å². The highest BCUT2D eigenvalue weighted by Crippen LogP contribution is 2.29. The summed E-state index contributed by atoms with van der Waals surface area (Å²) in [6.07, 6.45) is 6.45. The van der Waals surface area contributed by atoms with E-state index >= 15 is 0 Å². The Kier molecular flexibility index (Phi) is 6.85. The molecular formula is C21H22O5. The van der Waals surface area contributed by atoms with Gasteiger partial charge in [-0.3, -0.25) is 4.79 Å². The molecule has 0 spiro atoms. The Balaban J connectivity index is 2.08. The predicted octanol–water partition coefficient (Wildman–Crippen LogP) is 4.02. The number of ether oxygens (including phenoxy) is 4. The van der Waals surface area contributed by atoms with Crippen LogP contribution in [0.3, 0.4) is 0 Å². The lowest BCUT2D eigenvalue weighted by Gasteiger charge is -2.07. The summed E-state index contributed by atoms with van der Waals surface area (Å²) < 4.78 is 20.9. The van der Waals surface area contributed by atoms with Gasteiger partial charge >= 0.3 is 0 Å². The molecule has 0 saturated carbocycles. The van der Waals surface area contributed by atoms with E-state index in [1.54, 1.807) is 64.9 Å². The first kappa shape index (κ1) is 19.1. The second kappa shape index (κ2) is 9.32. The number of methoxy groups -OCH3 is 4. The van der Waals surface area contributed by atoms with Crippen LogP contribution in [0, 0.1) is 0 Å². The number of carbonyl (C=O) groups is 1. The van der Waals surface area contributed by atoms with Gasteiger partial charge in [-0.25, -0.2) is 0 Å². The van der Waals surface area contributed by atoms with Gasteiger partial charge in [-0.05, 0) is 47.5 Å². The Morgan fingerprint density at radius 3 is 1.38 bits per heavy atom. The fourth-order valence-corrected chi connectivity index (χ4v) is 2.33. The van der Waals surface area contributed by atoms with Crippen molar-refractivity contribution >= 4 is 17.9 Å². The van der Waals surface area contributed by atoms with E-state index in [0.29, 0.717) is 23.0 Å². The molecule has 2 rings (SSSR count). The molecule has 5 nitrogen and oxygen atoms in total. The molecule has 26 heavy (non-hydrogen) atoms. The van der Waals surface area contributed by atoms with E-state index in [1.165, 1.54) is 12.2 Å². The summed E-state index contributed by atoms with van der Waals surface area (Å²) >= 11 is 0. The smallest absolute Gasteiger partial charge is 0.178 e. The lowest BCUT2D eigenvalue weighted by atomic mass is 10.1. The van der Waals surface area contributed by atoms with Gasteiger partial charge < -0.3 is 18.9 Å². The molecule has 0 radical (unpaired) electrons. The Morgan fingerprint density at radius 1 is 0.654 bits per heavy atom. The molecule has 0 atom stereocenters. The predicted molar refractivity (Wildman–Crippen MR) is 102 cm³/mol. The topological polar surface area (TPSA) is 54.0 Å². The minimum Gasteiger partial charge on any atom is -0.493 e. The zero-order valence-electron chi connectivity index (χ0n) is 15.3. The monoisotopic (exact) mass is 354 g/mol. The maximum absolute atomic E-state index is 12.1. The molecule has 0 bridgehead atoms. The summed E-state index contributed by atoms with van der Waals surface area (Å²) in [4.78, 5) is 12.1. The second-order valence-electron chi connectivity index (χ2n) is 5.30. The summed E-state index contributed by atoms with van der Waals surface area (Å²) in [6, 6.07) is 10.9. The van der Waals surface area contributed by atoms with Crippen molar-refractivity contribution in [1.29, 1.82) is 0 Å². The van der Waals surface area contributed by atoms with E-state index in [2.05, 4.69) is 0 Å². The average Bonchev–Trinajstić information content (AvgIpc) is 2.69. The van der Waals surface area contributed by atoms with E-state index < -0.39 is 0 Å². The minimum absolute atomic E-state index is 0.130. The highest BCUT2D eigenvalue weighted by atomic mass is 16.5. The Bertz CT molecular complexity index is 754. The van der Waals surface area contributed by atoms with E-state index in [9.17, 15) is 4.79 Å². The van der Waals surface area contributed by atoms with Crippen molar-refractivity contribution in [2.45, 2.75) is 0 Å². The number of carbonyl (C=O) groups excluding carboxylic acids is 1. The van der Waals surface area contributed by atoms with Crippen LogP contribution >= 0.6 is 0 Å². The molecule has 0 saturated heterocycles. The first-order chi connectivity index (χ1) is 12.6. The standard InChI is InChI=1S/C21H22O5/c1-23-18-11-7-15(13-20(18)25-3)5-9-17(22)10-6-16-8-12-19(24-2)21(14-16)26-4/h5-14H,1-4H3/b9-5-,10-6+. The molecule has 0 aliphatic heterocycles. The van der Waals surface area contributed by atoms with Crippen molar-refractivity contribution in [2.24, 2.45) is 0 Å². The molecule has 0 aromatic heterocycles. The molecule has 5 heteroatoms. The van der Waals surface area contributed by atoms with Crippen molar-refractivity contribution in [3.05, 3.63) is 59.7 Å². The van der Waals surface area contributed by atoms with Crippen LogP contribution in [0.15, 0.2) is 48.6 Å². The van der Waals surface area contributed by atoms with Gasteiger partial charge in [0.2, 0.25) is 0 Å². The van der Waals surface area contributed by atoms with Gasteiger partial charge in [0.15, 0.2) is 28.8 Å². The molecule has 0 unspecified atom stereocenters. The van der Waals surface area contributed by atoms with Gasteiger partial charge in [0, 0.05) is 0 Å². The lowest BCUT2D eigenvalue weighted by Crippen LogP contribution is -1.91. The van der Waals surface area contributed by atoms with Crippen molar-refractivity contribution in [3.8, 4) is 23.0 Å². The number of rotatable bonds is 8. The molecular weight excluding hydrogens is 332 g/mol. The zero-order chi connectivity index (χ0) is 18.9. The van der Waals surface area contributed by atoms with Gasteiger partial charge in [0.1, 0.15) is 0 Å². The number of allylic oxidation sites excluding steroid dienone is 2. The quantitative estimate of drug-likeness (QED) is 0.670. The van der Waals surface area contributed by atoms with Crippen molar-refractivity contribution in [1.82, 2.24) is 0 Å². The molecule has 0 aliphatic rings. The molecule has 136 valence electrons. The lowest BCUT2D eigenvalue weighted by molar-refractivity contribution is -0.110. The first-order valence-electron chi connectivity index (χ1n) is 7.95. The van der Waals surface area contributed by atoms with Crippen molar-refractivity contribution in [2.75, 3.05) is 28.4 Å². The summed E-state index contributed by atoms with van der Waals surface area (Å²) in [6.45, 7) is 0. The third-order valence-corrected chi connectivity index (χ3v) is 3.70. The van der Waals surface area contributed by atoms with Gasteiger partial charge in [0.05, 0.1) is 28.4 Å². The Hall–Kier alpha value is -3.21. The Morgan fingerprint density at radius 2 is 1.04 bits per heavy atom. The molecule has 0 amide bonds. The third kappa shape index (κ3) is 4.89. The van der Waals surface area contributed by atoms with Crippen LogP contribution in [0.4, 0.5) is 0 Å². The number of hydrogen-bond donors (Lipinski definition) is 0. The summed E-state index contributed by atoms with van der Waals surface area (Å²) in [5, 5.41) is 0. The van der Waals surface area contributed by atoms with Gasteiger partial charge in [-0.2, -0.15) is 0 Å². The van der Waals surface area contributed by atoms with Crippen LogP contribution in [-0.4, -0.2) is 34.2 Å². The maximum atomic E-state index is 12.1. The SMILES string of the molecule is COc1ccc(/C=C\C(=O)/C=C/c2ccc(OC)c(OC)c2)cc1OC. The van der Waals surface area contributed by atoms with Crippen LogP contribution in [0.2, 0.25) is 0 Å². The van der Waals surface area contributed by atoms with Crippen LogP contribution in [0.1, 0.15) is 11.1 Å². The van der Waals surface area contributed by atoms with Crippen LogP contribution in [0.5, 0.6) is 23.0 Å². The summed E-state index contributed by atoms with van der Waals surface area (Å²) in [7, 11) is 6.30. The molecule has 0 fully saturated rings. The van der Waals surface area contributed by atoms with E-state index in [-0.39, 0.29) is 5.78 Å². The Labute approximate surface area is 153 Å². The van der Waals surface area contributed by atoms with E-state index in [4.69, 9.17) is 18.9 Å². The van der Waals surface area contributed by atoms with Crippen LogP contribution < -0.4 is 18.9 Å². The van der Waals surface area contributed by atoms with Gasteiger partial charge in [0.25, 0.3) is 0 Å². The molecule has 2 aromatic rings. The second-order valence-corrected chi connectivity index (χ2v) is 5.30. The number of benzene rings is 2. The molecule has 0 N–H and O–H groups in total. The molecule has 2 aromatic carbocycles. The number of hydrogen-bond acceptors (Lipinski definition) is 5. The zero-order valence-corrected chi connectivity index (χ0v) is 15.3. The van der Waals surface area contributed by atoms with Crippen LogP contribution in [-0.2, 0) is 4.79 Å². The first-order valence-corrected chi connectivity index (χ1v) is 7.95. The van der Waals surface area contributed by atoms with Crippen LogP contribution in [0.25, 0.3) is 12.2 Å². The highest BCUT2D eigenvalue weighted by molar-refractivity contribution is 6.04. The highest BCUT2D eigenvalue weighted by Gasteiger charge is 2.04. The number of ketones is 1. The normalized spacial score (nSPS) is 10.9. The third-order valence-electron chi connectivity index (χ3n) is 3.70. The average molecular weight is 354 g/mol. The summed E-state index contributed by atoms with van der Waals surface area (Å²) in [5.74, 6) is 2.38. The minimum atomic E-state index is -0.130. The van der Waals surface area contributed by atoms with Gasteiger partial charge in [-0.1, -0.05) is 24.3 Å². The van der Waals surface area contributed by atoms with Crippen molar-refractivity contribution < 1.29 is 23.7 Å². The summed E-state index contributed by atoms with van der Waals surface area (Å²) in [5.41, 5.74) is 1.69. The fraction of sp³-hybridized carbons (Fsp3) is 0.190. The molecule has 0 heterocycles. The molecule has 0 aliphatic carbocycles. The fourth-order valence-electron chi connectivity index (χ4n) is 2.33. The van der Waals surface area contributed by atoms with E-state index in [0.717, 1.165) is 11.1 Å². The van der Waals surface area contributed by atoms with Gasteiger partial charge in [-0.15, -0.1) is 0 Å². The largest absolute Gasteiger partial charge is 0.493 e.